The van der Waals surface area contributed by atoms with E-state index < -0.39 is 0 Å². The van der Waals surface area contributed by atoms with Crippen molar-refractivity contribution in [3.05, 3.63) is 35.2 Å². The van der Waals surface area contributed by atoms with Crippen LogP contribution < -0.4 is 5.32 Å². The van der Waals surface area contributed by atoms with Crippen molar-refractivity contribution in [2.45, 2.75) is 32.6 Å². The van der Waals surface area contributed by atoms with Crippen LogP contribution in [-0.2, 0) is 0 Å². The normalized spacial score (nSPS) is 16.7. The van der Waals surface area contributed by atoms with Crippen molar-refractivity contribution in [2.75, 3.05) is 13.1 Å². The third-order valence-corrected chi connectivity index (χ3v) is 3.98. The Bertz CT molecular complexity index is 571. The van der Waals surface area contributed by atoms with Crippen molar-refractivity contribution in [3.63, 3.8) is 0 Å². The summed E-state index contributed by atoms with van der Waals surface area (Å²) >= 11 is 0. The number of hydrogen-bond acceptors (Lipinski definition) is 4. The molecule has 3 rings (SSSR count). The fourth-order valence-corrected chi connectivity index (χ4v) is 2.57. The van der Waals surface area contributed by atoms with Crippen LogP contribution in [0.2, 0.25) is 0 Å². The van der Waals surface area contributed by atoms with Crippen LogP contribution in [0.1, 0.15) is 35.7 Å². The predicted molar refractivity (Wildman–Crippen MR) is 74.1 cm³/mol. The molecule has 0 bridgehead atoms. The van der Waals surface area contributed by atoms with Crippen LogP contribution >= 0.6 is 0 Å². The number of hydrogen-bond donors (Lipinski definition) is 1. The van der Waals surface area contributed by atoms with Crippen LogP contribution in [-0.4, -0.2) is 23.2 Å². The summed E-state index contributed by atoms with van der Waals surface area (Å²) in [5.41, 5.74) is 3.51. The van der Waals surface area contributed by atoms with Crippen LogP contribution in [0.5, 0.6) is 0 Å². The smallest absolute Gasteiger partial charge is 0.258 e. The van der Waals surface area contributed by atoms with Gasteiger partial charge in [0.2, 0.25) is 0 Å². The van der Waals surface area contributed by atoms with E-state index in [1.807, 2.05) is 12.1 Å². The minimum absolute atomic E-state index is 0.434. The molecule has 0 saturated carbocycles. The van der Waals surface area contributed by atoms with Crippen molar-refractivity contribution in [1.82, 2.24) is 15.5 Å². The molecule has 1 saturated heterocycles. The molecule has 1 N–H and O–H groups in total. The molecule has 1 fully saturated rings. The SMILES string of the molecule is Cc1cccc(-c2nc(C3CCNCC3)no2)c1C. The van der Waals surface area contributed by atoms with Gasteiger partial charge in [-0.2, -0.15) is 4.98 Å². The molecule has 0 amide bonds. The molecule has 0 radical (unpaired) electrons. The molecule has 4 heteroatoms. The second kappa shape index (κ2) is 5.13. The van der Waals surface area contributed by atoms with Gasteiger partial charge in [0.25, 0.3) is 5.89 Å². The highest BCUT2D eigenvalue weighted by atomic mass is 16.5. The van der Waals surface area contributed by atoms with E-state index in [0.717, 1.165) is 37.3 Å². The first-order valence-electron chi connectivity index (χ1n) is 6.86. The first-order chi connectivity index (χ1) is 9.25. The number of nitrogens with one attached hydrogen (secondary N) is 1. The molecule has 1 aliphatic rings. The number of aromatic nitrogens is 2. The summed E-state index contributed by atoms with van der Waals surface area (Å²) in [6, 6.07) is 6.18. The van der Waals surface area contributed by atoms with Gasteiger partial charge in [0, 0.05) is 11.5 Å². The number of benzene rings is 1. The molecule has 0 aliphatic carbocycles. The molecule has 0 atom stereocenters. The molecule has 0 unspecified atom stereocenters. The van der Waals surface area contributed by atoms with Gasteiger partial charge >= 0.3 is 0 Å². The molecular weight excluding hydrogens is 238 g/mol. The first kappa shape index (κ1) is 12.4. The van der Waals surface area contributed by atoms with Crippen molar-refractivity contribution in [3.8, 4) is 11.5 Å². The molecule has 1 aromatic carbocycles. The van der Waals surface area contributed by atoms with Gasteiger partial charge in [0.1, 0.15) is 0 Å². The summed E-state index contributed by atoms with van der Waals surface area (Å²) in [5, 5.41) is 7.53. The van der Waals surface area contributed by atoms with E-state index in [2.05, 4.69) is 35.4 Å². The lowest BCUT2D eigenvalue weighted by atomic mass is 9.97. The van der Waals surface area contributed by atoms with Gasteiger partial charge in [-0.1, -0.05) is 17.3 Å². The Morgan fingerprint density at radius 3 is 2.79 bits per heavy atom. The second-order valence-corrected chi connectivity index (χ2v) is 5.23. The topological polar surface area (TPSA) is 51.0 Å². The molecule has 2 aromatic rings. The van der Waals surface area contributed by atoms with Gasteiger partial charge in [0.15, 0.2) is 5.82 Å². The zero-order valence-corrected chi connectivity index (χ0v) is 11.4. The molecule has 1 aromatic heterocycles. The third-order valence-electron chi connectivity index (χ3n) is 3.98. The predicted octanol–water partition coefficient (Wildman–Crippen LogP) is 2.82. The summed E-state index contributed by atoms with van der Waals surface area (Å²) < 4.78 is 5.46. The zero-order valence-electron chi connectivity index (χ0n) is 11.4. The Labute approximate surface area is 113 Å². The van der Waals surface area contributed by atoms with E-state index in [-0.39, 0.29) is 0 Å². The van der Waals surface area contributed by atoms with Gasteiger partial charge in [-0.15, -0.1) is 0 Å². The highest BCUT2D eigenvalue weighted by Crippen LogP contribution is 2.28. The van der Waals surface area contributed by atoms with Crippen LogP contribution in [0.25, 0.3) is 11.5 Å². The summed E-state index contributed by atoms with van der Waals surface area (Å²) in [6.07, 6.45) is 2.18. The maximum atomic E-state index is 5.46. The van der Waals surface area contributed by atoms with Crippen LogP contribution in [0.3, 0.4) is 0 Å². The highest BCUT2D eigenvalue weighted by Gasteiger charge is 2.21. The number of rotatable bonds is 2. The molecule has 4 nitrogen and oxygen atoms in total. The van der Waals surface area contributed by atoms with Gasteiger partial charge in [-0.25, -0.2) is 0 Å². The Kier molecular flexibility index (Phi) is 3.34. The lowest BCUT2D eigenvalue weighted by molar-refractivity contribution is 0.392. The van der Waals surface area contributed by atoms with Crippen molar-refractivity contribution in [1.29, 1.82) is 0 Å². The number of piperidine rings is 1. The summed E-state index contributed by atoms with van der Waals surface area (Å²) in [6.45, 7) is 6.28. The van der Waals surface area contributed by atoms with Crippen LogP contribution in [0.15, 0.2) is 22.7 Å². The van der Waals surface area contributed by atoms with E-state index in [4.69, 9.17) is 4.52 Å². The Morgan fingerprint density at radius 1 is 1.21 bits per heavy atom. The third kappa shape index (κ3) is 2.40. The van der Waals surface area contributed by atoms with Crippen molar-refractivity contribution < 1.29 is 4.52 Å². The average Bonchev–Trinajstić information content (AvgIpc) is 2.92. The average molecular weight is 257 g/mol. The second-order valence-electron chi connectivity index (χ2n) is 5.23. The Hall–Kier alpha value is -1.68. The summed E-state index contributed by atoms with van der Waals surface area (Å²) in [4.78, 5) is 4.60. The lowest BCUT2D eigenvalue weighted by Gasteiger charge is -2.18. The van der Waals surface area contributed by atoms with E-state index in [9.17, 15) is 0 Å². The standard InChI is InChI=1S/C15H19N3O/c1-10-4-3-5-13(11(10)2)15-17-14(18-19-15)12-6-8-16-9-7-12/h3-5,12,16H,6-9H2,1-2H3. The molecule has 19 heavy (non-hydrogen) atoms. The molecule has 2 heterocycles. The Balaban J connectivity index is 1.90. The van der Waals surface area contributed by atoms with Gasteiger partial charge in [-0.05, 0) is 57.0 Å². The molecular formula is C15H19N3O. The molecule has 0 spiro atoms. The fraction of sp³-hybridized carbons (Fsp3) is 0.467. The zero-order chi connectivity index (χ0) is 13.2. The lowest BCUT2D eigenvalue weighted by Crippen LogP contribution is -2.27. The molecule has 1 aliphatic heterocycles. The van der Waals surface area contributed by atoms with E-state index in [1.54, 1.807) is 0 Å². The monoisotopic (exact) mass is 257 g/mol. The summed E-state index contributed by atoms with van der Waals surface area (Å²) in [7, 11) is 0. The van der Waals surface area contributed by atoms with E-state index in [1.165, 1.54) is 11.1 Å². The minimum Gasteiger partial charge on any atom is -0.334 e. The fourth-order valence-electron chi connectivity index (χ4n) is 2.57. The maximum Gasteiger partial charge on any atom is 0.258 e. The van der Waals surface area contributed by atoms with E-state index in [0.29, 0.717) is 11.8 Å². The largest absolute Gasteiger partial charge is 0.334 e. The quantitative estimate of drug-likeness (QED) is 0.898. The van der Waals surface area contributed by atoms with Crippen LogP contribution in [0.4, 0.5) is 0 Å². The minimum atomic E-state index is 0.434. The van der Waals surface area contributed by atoms with Crippen molar-refractivity contribution >= 4 is 0 Å². The number of aryl methyl sites for hydroxylation is 1. The van der Waals surface area contributed by atoms with Crippen molar-refractivity contribution in [2.24, 2.45) is 0 Å². The number of nitrogens with zero attached hydrogens (tertiary/aromatic N) is 2. The first-order valence-corrected chi connectivity index (χ1v) is 6.86. The van der Waals surface area contributed by atoms with Crippen LogP contribution in [0, 0.1) is 13.8 Å². The maximum absolute atomic E-state index is 5.46. The van der Waals surface area contributed by atoms with Gasteiger partial charge < -0.3 is 9.84 Å². The van der Waals surface area contributed by atoms with Gasteiger partial charge in [-0.3, -0.25) is 0 Å². The summed E-state index contributed by atoms with van der Waals surface area (Å²) in [5.74, 6) is 1.94. The molecule has 100 valence electrons. The van der Waals surface area contributed by atoms with Gasteiger partial charge in [0.05, 0.1) is 0 Å². The highest BCUT2D eigenvalue weighted by molar-refractivity contribution is 5.60. The van der Waals surface area contributed by atoms with E-state index >= 15 is 0 Å². The Morgan fingerprint density at radius 2 is 2.00 bits per heavy atom.